The normalized spacial score (nSPS) is 14.1. The molecule has 0 atom stereocenters. The Morgan fingerprint density at radius 1 is 1.04 bits per heavy atom. The van der Waals surface area contributed by atoms with Crippen LogP contribution < -0.4 is 19.7 Å². The summed E-state index contributed by atoms with van der Waals surface area (Å²) in [7, 11) is 3.12. The van der Waals surface area contributed by atoms with E-state index in [1.165, 1.54) is 12.7 Å². The number of benzene rings is 1. The molecule has 2 heterocycles. The molecule has 2 aromatic rings. The highest BCUT2D eigenvalue weighted by atomic mass is 16.5. The fourth-order valence-electron chi connectivity index (χ4n) is 2.88. The van der Waals surface area contributed by atoms with Gasteiger partial charge in [-0.05, 0) is 31.4 Å². The van der Waals surface area contributed by atoms with Gasteiger partial charge in [-0.2, -0.15) is 0 Å². The van der Waals surface area contributed by atoms with Gasteiger partial charge >= 0.3 is 0 Å². The molecule has 0 spiro atoms. The number of amides is 1. The Kier molecular flexibility index (Phi) is 5.33. The number of carbonyl (C=O) groups excluding carboxylic acids is 1. The molecular formula is C18H22N4O3. The highest BCUT2D eigenvalue weighted by molar-refractivity contribution is 6.03. The maximum absolute atomic E-state index is 12.5. The van der Waals surface area contributed by atoms with Crippen LogP contribution in [0.4, 0.5) is 11.5 Å². The van der Waals surface area contributed by atoms with Crippen LogP contribution in [-0.4, -0.2) is 43.2 Å². The largest absolute Gasteiger partial charge is 0.493 e. The van der Waals surface area contributed by atoms with Gasteiger partial charge in [0, 0.05) is 30.9 Å². The molecule has 1 N–H and O–H groups in total. The number of carbonyl (C=O) groups is 1. The van der Waals surface area contributed by atoms with E-state index in [0.717, 1.165) is 31.7 Å². The molecule has 1 aromatic heterocycles. The monoisotopic (exact) mass is 342 g/mol. The van der Waals surface area contributed by atoms with E-state index in [4.69, 9.17) is 9.47 Å². The third-order valence-corrected chi connectivity index (χ3v) is 4.21. The van der Waals surface area contributed by atoms with Gasteiger partial charge in [0.2, 0.25) is 0 Å². The van der Waals surface area contributed by atoms with E-state index in [1.54, 1.807) is 38.5 Å². The molecule has 0 aliphatic carbocycles. The molecule has 0 unspecified atom stereocenters. The van der Waals surface area contributed by atoms with Crippen LogP contribution in [0.1, 0.15) is 29.8 Å². The van der Waals surface area contributed by atoms with Crippen molar-refractivity contribution in [2.24, 2.45) is 0 Å². The third kappa shape index (κ3) is 3.99. The fraction of sp³-hybridized carbons (Fsp3) is 0.389. The molecular weight excluding hydrogens is 320 g/mol. The van der Waals surface area contributed by atoms with Crippen molar-refractivity contribution in [3.05, 3.63) is 36.3 Å². The first kappa shape index (κ1) is 17.0. The summed E-state index contributed by atoms with van der Waals surface area (Å²) in [6.45, 7) is 1.93. The van der Waals surface area contributed by atoms with Gasteiger partial charge in [0.25, 0.3) is 5.91 Å². The zero-order chi connectivity index (χ0) is 17.6. The summed E-state index contributed by atoms with van der Waals surface area (Å²) in [4.78, 5) is 23.1. The summed E-state index contributed by atoms with van der Waals surface area (Å²) in [5.41, 5.74) is 0.950. The third-order valence-electron chi connectivity index (χ3n) is 4.21. The van der Waals surface area contributed by atoms with E-state index >= 15 is 0 Å². The standard InChI is InChI=1S/C18H22N4O3/c1-24-15-7-6-13(10-16(15)25-2)21-18(23)14-11-17(20-12-19-14)22-8-4-3-5-9-22/h6-7,10-12H,3-5,8-9H2,1-2H3,(H,21,23). The van der Waals surface area contributed by atoms with Gasteiger partial charge < -0.3 is 19.7 Å². The first-order chi connectivity index (χ1) is 12.2. The molecule has 1 aromatic carbocycles. The predicted octanol–water partition coefficient (Wildman–Crippen LogP) is 2.74. The molecule has 0 saturated carbocycles. The summed E-state index contributed by atoms with van der Waals surface area (Å²) in [6.07, 6.45) is 4.98. The predicted molar refractivity (Wildman–Crippen MR) is 95.6 cm³/mol. The molecule has 25 heavy (non-hydrogen) atoms. The van der Waals surface area contributed by atoms with Crippen LogP contribution in [-0.2, 0) is 0 Å². The minimum absolute atomic E-state index is 0.284. The lowest BCUT2D eigenvalue weighted by Gasteiger charge is -2.27. The second kappa shape index (κ2) is 7.83. The minimum atomic E-state index is -0.284. The number of rotatable bonds is 5. The summed E-state index contributed by atoms with van der Waals surface area (Å²) in [6, 6.07) is 6.95. The molecule has 0 radical (unpaired) electrons. The quantitative estimate of drug-likeness (QED) is 0.900. The summed E-state index contributed by atoms with van der Waals surface area (Å²) in [5, 5.41) is 2.83. The van der Waals surface area contributed by atoms with Crippen molar-refractivity contribution in [2.75, 3.05) is 37.5 Å². The molecule has 1 aliphatic heterocycles. The molecule has 1 aliphatic rings. The van der Waals surface area contributed by atoms with Gasteiger partial charge in [0.05, 0.1) is 14.2 Å². The van der Waals surface area contributed by atoms with E-state index in [-0.39, 0.29) is 5.91 Å². The van der Waals surface area contributed by atoms with Gasteiger partial charge in [-0.1, -0.05) is 0 Å². The number of aromatic nitrogens is 2. The first-order valence-electron chi connectivity index (χ1n) is 8.31. The van der Waals surface area contributed by atoms with E-state index in [9.17, 15) is 4.79 Å². The van der Waals surface area contributed by atoms with Gasteiger partial charge in [-0.25, -0.2) is 9.97 Å². The molecule has 7 heteroatoms. The number of methoxy groups -OCH3 is 2. The Bertz CT molecular complexity index is 745. The van der Waals surface area contributed by atoms with Crippen LogP contribution in [0.5, 0.6) is 11.5 Å². The van der Waals surface area contributed by atoms with Crippen molar-refractivity contribution in [3.8, 4) is 11.5 Å². The minimum Gasteiger partial charge on any atom is -0.493 e. The van der Waals surface area contributed by atoms with Crippen LogP contribution in [0, 0.1) is 0 Å². The molecule has 1 fully saturated rings. The molecule has 1 amide bonds. The van der Waals surface area contributed by atoms with E-state index in [0.29, 0.717) is 22.9 Å². The molecule has 0 bridgehead atoms. The second-order valence-electron chi connectivity index (χ2n) is 5.83. The van der Waals surface area contributed by atoms with Crippen LogP contribution in [0.2, 0.25) is 0 Å². The Morgan fingerprint density at radius 2 is 1.80 bits per heavy atom. The lowest BCUT2D eigenvalue weighted by molar-refractivity contribution is 0.102. The smallest absolute Gasteiger partial charge is 0.274 e. The van der Waals surface area contributed by atoms with Crippen LogP contribution >= 0.6 is 0 Å². The maximum Gasteiger partial charge on any atom is 0.274 e. The number of hydrogen-bond donors (Lipinski definition) is 1. The number of hydrogen-bond acceptors (Lipinski definition) is 6. The van der Waals surface area contributed by atoms with Crippen molar-refractivity contribution in [3.63, 3.8) is 0 Å². The van der Waals surface area contributed by atoms with Crippen molar-refractivity contribution in [1.82, 2.24) is 9.97 Å². The Morgan fingerprint density at radius 3 is 2.52 bits per heavy atom. The first-order valence-corrected chi connectivity index (χ1v) is 8.31. The van der Waals surface area contributed by atoms with E-state index in [1.807, 2.05) is 0 Å². The number of anilines is 2. The number of piperidine rings is 1. The van der Waals surface area contributed by atoms with Crippen LogP contribution in [0.3, 0.4) is 0 Å². The van der Waals surface area contributed by atoms with Gasteiger partial charge in [-0.15, -0.1) is 0 Å². The Hall–Kier alpha value is -2.83. The molecule has 132 valence electrons. The zero-order valence-corrected chi connectivity index (χ0v) is 14.5. The van der Waals surface area contributed by atoms with Crippen LogP contribution in [0.15, 0.2) is 30.6 Å². The Labute approximate surface area is 147 Å². The number of nitrogens with zero attached hydrogens (tertiary/aromatic N) is 3. The van der Waals surface area contributed by atoms with Crippen molar-refractivity contribution < 1.29 is 14.3 Å². The highest BCUT2D eigenvalue weighted by Gasteiger charge is 2.16. The van der Waals surface area contributed by atoms with Gasteiger partial charge in [0.1, 0.15) is 17.8 Å². The van der Waals surface area contributed by atoms with Crippen molar-refractivity contribution in [1.29, 1.82) is 0 Å². The summed E-state index contributed by atoms with van der Waals surface area (Å²) < 4.78 is 10.5. The Balaban J connectivity index is 1.75. The SMILES string of the molecule is COc1ccc(NC(=O)c2cc(N3CCCCC3)ncn2)cc1OC. The molecule has 3 rings (SSSR count). The highest BCUT2D eigenvalue weighted by Crippen LogP contribution is 2.30. The number of nitrogens with one attached hydrogen (secondary N) is 1. The van der Waals surface area contributed by atoms with Crippen molar-refractivity contribution in [2.45, 2.75) is 19.3 Å². The topological polar surface area (TPSA) is 76.6 Å². The van der Waals surface area contributed by atoms with E-state index < -0.39 is 0 Å². The second-order valence-corrected chi connectivity index (χ2v) is 5.83. The van der Waals surface area contributed by atoms with Crippen LogP contribution in [0.25, 0.3) is 0 Å². The lowest BCUT2D eigenvalue weighted by Crippen LogP contribution is -2.30. The number of ether oxygens (including phenoxy) is 2. The average molecular weight is 342 g/mol. The fourth-order valence-corrected chi connectivity index (χ4v) is 2.88. The summed E-state index contributed by atoms with van der Waals surface area (Å²) in [5.74, 6) is 1.67. The average Bonchev–Trinajstić information content (AvgIpc) is 2.68. The van der Waals surface area contributed by atoms with Gasteiger partial charge in [-0.3, -0.25) is 4.79 Å². The lowest BCUT2D eigenvalue weighted by atomic mass is 10.1. The maximum atomic E-state index is 12.5. The zero-order valence-electron chi connectivity index (χ0n) is 14.5. The summed E-state index contributed by atoms with van der Waals surface area (Å²) >= 11 is 0. The molecule has 1 saturated heterocycles. The van der Waals surface area contributed by atoms with Crippen molar-refractivity contribution >= 4 is 17.4 Å². The molecule has 7 nitrogen and oxygen atoms in total. The van der Waals surface area contributed by atoms with Gasteiger partial charge in [0.15, 0.2) is 11.5 Å². The van der Waals surface area contributed by atoms with E-state index in [2.05, 4.69) is 20.2 Å².